The molecule has 1 amide bonds. The van der Waals surface area contributed by atoms with Crippen LogP contribution in [0, 0.1) is 13.8 Å². The van der Waals surface area contributed by atoms with Crippen LogP contribution in [0.1, 0.15) is 30.0 Å². The lowest BCUT2D eigenvalue weighted by Crippen LogP contribution is -2.38. The first-order valence-electron chi connectivity index (χ1n) is 6.41. The molecule has 0 heterocycles. The molecule has 0 aliphatic carbocycles. The van der Waals surface area contributed by atoms with E-state index in [9.17, 15) is 4.79 Å². The van der Waals surface area contributed by atoms with Crippen LogP contribution in [-0.2, 0) is 16.0 Å². The third-order valence-electron chi connectivity index (χ3n) is 3.08. The first-order valence-corrected chi connectivity index (χ1v) is 6.41. The van der Waals surface area contributed by atoms with Crippen LogP contribution in [0.2, 0.25) is 0 Å². The lowest BCUT2D eigenvalue weighted by Gasteiger charge is -2.16. The molecule has 0 saturated heterocycles. The molecule has 0 saturated carbocycles. The molecule has 0 aliphatic rings. The molecule has 1 N–H and O–H groups in total. The number of amides is 1. The molecule has 0 bridgehead atoms. The summed E-state index contributed by atoms with van der Waals surface area (Å²) in [5, 5.41) is 3.00. The number of ether oxygens (including phenoxy) is 1. The van der Waals surface area contributed by atoms with Gasteiger partial charge in [-0.2, -0.15) is 0 Å². The molecular weight excluding hydrogens is 226 g/mol. The molecule has 1 atom stereocenters. The number of methoxy groups -OCH3 is 1. The highest BCUT2D eigenvalue weighted by Gasteiger charge is 2.11. The van der Waals surface area contributed by atoms with Crippen molar-refractivity contribution >= 4 is 5.91 Å². The van der Waals surface area contributed by atoms with Gasteiger partial charge in [0, 0.05) is 7.11 Å². The van der Waals surface area contributed by atoms with Crippen LogP contribution in [-0.4, -0.2) is 25.7 Å². The van der Waals surface area contributed by atoms with E-state index in [0.717, 1.165) is 17.5 Å². The number of aryl methyl sites for hydroxylation is 2. The molecule has 3 heteroatoms. The van der Waals surface area contributed by atoms with E-state index in [-0.39, 0.29) is 11.9 Å². The second-order valence-electron chi connectivity index (χ2n) is 4.73. The van der Waals surface area contributed by atoms with Gasteiger partial charge < -0.3 is 10.1 Å². The van der Waals surface area contributed by atoms with Crippen LogP contribution >= 0.6 is 0 Å². The lowest BCUT2D eigenvalue weighted by molar-refractivity contribution is -0.121. The van der Waals surface area contributed by atoms with Gasteiger partial charge in [0.2, 0.25) is 5.91 Å². The Hall–Kier alpha value is -1.35. The van der Waals surface area contributed by atoms with E-state index >= 15 is 0 Å². The van der Waals surface area contributed by atoms with Crippen LogP contribution < -0.4 is 5.32 Å². The fraction of sp³-hybridized carbons (Fsp3) is 0.533. The van der Waals surface area contributed by atoms with Crippen LogP contribution in [0.5, 0.6) is 0 Å². The zero-order chi connectivity index (χ0) is 13.5. The average molecular weight is 249 g/mol. The Bertz CT molecular complexity index is 401. The van der Waals surface area contributed by atoms with Gasteiger partial charge in [0.05, 0.1) is 19.1 Å². The summed E-state index contributed by atoms with van der Waals surface area (Å²) in [5.74, 6) is 0.0626. The third-order valence-corrected chi connectivity index (χ3v) is 3.08. The van der Waals surface area contributed by atoms with E-state index in [0.29, 0.717) is 13.0 Å². The van der Waals surface area contributed by atoms with E-state index in [2.05, 4.69) is 23.5 Å². The topological polar surface area (TPSA) is 38.3 Å². The molecule has 1 rings (SSSR count). The molecule has 0 fully saturated rings. The Morgan fingerprint density at radius 1 is 1.39 bits per heavy atom. The van der Waals surface area contributed by atoms with Gasteiger partial charge in [-0.15, -0.1) is 0 Å². The number of nitrogens with one attached hydrogen (secondary N) is 1. The predicted octanol–water partition coefficient (Wildman–Crippen LogP) is 2.39. The molecule has 1 unspecified atom stereocenters. The smallest absolute Gasteiger partial charge is 0.224 e. The van der Waals surface area contributed by atoms with E-state index in [1.54, 1.807) is 7.11 Å². The molecular formula is C15H23NO2. The summed E-state index contributed by atoms with van der Waals surface area (Å²) in [5.41, 5.74) is 3.45. The fourth-order valence-corrected chi connectivity index (χ4v) is 1.91. The summed E-state index contributed by atoms with van der Waals surface area (Å²) in [6.07, 6.45) is 1.32. The van der Waals surface area contributed by atoms with E-state index in [4.69, 9.17) is 4.74 Å². The molecule has 0 aliphatic heterocycles. The summed E-state index contributed by atoms with van der Waals surface area (Å²) >= 11 is 0. The van der Waals surface area contributed by atoms with Crippen molar-refractivity contribution < 1.29 is 9.53 Å². The first-order chi connectivity index (χ1) is 8.56. The Labute approximate surface area is 110 Å². The van der Waals surface area contributed by atoms with Gasteiger partial charge in [-0.25, -0.2) is 0 Å². The van der Waals surface area contributed by atoms with Crippen molar-refractivity contribution in [2.24, 2.45) is 0 Å². The average Bonchev–Trinajstić information content (AvgIpc) is 2.33. The Morgan fingerprint density at radius 2 is 2.11 bits per heavy atom. The molecule has 0 radical (unpaired) electrons. The van der Waals surface area contributed by atoms with Gasteiger partial charge >= 0.3 is 0 Å². The highest BCUT2D eigenvalue weighted by molar-refractivity contribution is 5.79. The molecule has 1 aromatic carbocycles. The minimum atomic E-state index is 0.0626. The van der Waals surface area contributed by atoms with Gasteiger partial charge in [-0.1, -0.05) is 30.7 Å². The maximum Gasteiger partial charge on any atom is 0.224 e. The van der Waals surface area contributed by atoms with Crippen molar-refractivity contribution in [3.05, 3.63) is 34.9 Å². The van der Waals surface area contributed by atoms with Crippen molar-refractivity contribution in [1.82, 2.24) is 5.32 Å². The van der Waals surface area contributed by atoms with Gasteiger partial charge in [-0.05, 0) is 31.4 Å². The second-order valence-corrected chi connectivity index (χ2v) is 4.73. The number of rotatable bonds is 6. The summed E-state index contributed by atoms with van der Waals surface area (Å²) in [4.78, 5) is 12.0. The predicted molar refractivity (Wildman–Crippen MR) is 73.7 cm³/mol. The monoisotopic (exact) mass is 249 g/mol. The maximum atomic E-state index is 12.0. The van der Waals surface area contributed by atoms with Crippen molar-refractivity contribution in [3.63, 3.8) is 0 Å². The van der Waals surface area contributed by atoms with Gasteiger partial charge in [0.15, 0.2) is 0 Å². The highest BCUT2D eigenvalue weighted by Crippen LogP contribution is 2.11. The van der Waals surface area contributed by atoms with E-state index < -0.39 is 0 Å². The van der Waals surface area contributed by atoms with Gasteiger partial charge in [-0.3, -0.25) is 4.79 Å². The SMILES string of the molecule is CCC(COC)NC(=O)Cc1cc(C)ccc1C. The van der Waals surface area contributed by atoms with Crippen LogP contribution in [0.3, 0.4) is 0 Å². The maximum absolute atomic E-state index is 12.0. The van der Waals surface area contributed by atoms with E-state index in [1.165, 1.54) is 5.56 Å². The van der Waals surface area contributed by atoms with Crippen molar-refractivity contribution in [1.29, 1.82) is 0 Å². The lowest BCUT2D eigenvalue weighted by atomic mass is 10.0. The normalized spacial score (nSPS) is 12.2. The number of benzene rings is 1. The van der Waals surface area contributed by atoms with Crippen LogP contribution in [0.15, 0.2) is 18.2 Å². The number of carbonyl (C=O) groups excluding carboxylic acids is 1. The number of carbonyl (C=O) groups is 1. The highest BCUT2D eigenvalue weighted by atomic mass is 16.5. The minimum Gasteiger partial charge on any atom is -0.383 e. The fourth-order valence-electron chi connectivity index (χ4n) is 1.91. The van der Waals surface area contributed by atoms with Crippen molar-refractivity contribution in [2.45, 2.75) is 39.7 Å². The van der Waals surface area contributed by atoms with Crippen LogP contribution in [0.4, 0.5) is 0 Å². The Balaban J connectivity index is 2.61. The summed E-state index contributed by atoms with van der Waals surface area (Å²) in [6, 6.07) is 6.31. The van der Waals surface area contributed by atoms with Gasteiger partial charge in [0.1, 0.15) is 0 Å². The molecule has 0 spiro atoms. The van der Waals surface area contributed by atoms with Crippen molar-refractivity contribution in [3.8, 4) is 0 Å². The van der Waals surface area contributed by atoms with Gasteiger partial charge in [0.25, 0.3) is 0 Å². The second kappa shape index (κ2) is 7.17. The Morgan fingerprint density at radius 3 is 2.72 bits per heavy atom. The molecule has 3 nitrogen and oxygen atoms in total. The summed E-state index contributed by atoms with van der Waals surface area (Å²) in [6.45, 7) is 6.69. The quantitative estimate of drug-likeness (QED) is 0.840. The van der Waals surface area contributed by atoms with E-state index in [1.807, 2.05) is 20.8 Å². The molecule has 1 aromatic rings. The zero-order valence-electron chi connectivity index (χ0n) is 11.7. The minimum absolute atomic E-state index is 0.0626. The third kappa shape index (κ3) is 4.49. The summed E-state index contributed by atoms with van der Waals surface area (Å²) < 4.78 is 5.07. The van der Waals surface area contributed by atoms with Crippen LogP contribution in [0.25, 0.3) is 0 Å². The largest absolute Gasteiger partial charge is 0.383 e. The number of hydrogen-bond donors (Lipinski definition) is 1. The first kappa shape index (κ1) is 14.7. The standard InChI is InChI=1S/C15H23NO2/c1-5-14(10-18-4)16-15(17)9-13-8-11(2)6-7-12(13)3/h6-8,14H,5,9-10H2,1-4H3,(H,16,17). The van der Waals surface area contributed by atoms with Crippen molar-refractivity contribution in [2.75, 3.05) is 13.7 Å². The summed E-state index contributed by atoms with van der Waals surface area (Å²) in [7, 11) is 1.65. The zero-order valence-corrected chi connectivity index (χ0v) is 11.7. The molecule has 0 aromatic heterocycles. The number of hydrogen-bond acceptors (Lipinski definition) is 2. The molecule has 18 heavy (non-hydrogen) atoms. The molecule has 100 valence electrons. The Kier molecular flexibility index (Phi) is 5.86.